The number of carbonyl (C=O) groups is 1. The summed E-state index contributed by atoms with van der Waals surface area (Å²) in [5, 5.41) is 0. The maximum absolute atomic E-state index is 14.0. The zero-order valence-electron chi connectivity index (χ0n) is 16.4. The largest absolute Gasteiger partial charge is 0.497 e. The van der Waals surface area contributed by atoms with Gasteiger partial charge in [-0.2, -0.15) is 0 Å². The number of anilines is 2. The fourth-order valence-electron chi connectivity index (χ4n) is 3.28. The molecule has 0 aromatic heterocycles. The second-order valence-electron chi connectivity index (χ2n) is 6.79. The van der Waals surface area contributed by atoms with Crippen molar-refractivity contribution in [3.05, 3.63) is 54.3 Å². The van der Waals surface area contributed by atoms with E-state index in [0.717, 1.165) is 10.6 Å². The molecule has 1 heterocycles. The van der Waals surface area contributed by atoms with Gasteiger partial charge >= 0.3 is 0 Å². The van der Waals surface area contributed by atoms with Gasteiger partial charge in [0, 0.05) is 26.2 Å². The molecule has 2 aromatic carbocycles. The molecule has 3 rings (SSSR count). The molecule has 0 saturated carbocycles. The van der Waals surface area contributed by atoms with Gasteiger partial charge in [0.1, 0.15) is 18.1 Å². The molecule has 0 spiro atoms. The van der Waals surface area contributed by atoms with Gasteiger partial charge in [-0.25, -0.2) is 12.8 Å². The summed E-state index contributed by atoms with van der Waals surface area (Å²) < 4.78 is 44.6. The van der Waals surface area contributed by atoms with Crippen LogP contribution in [0.15, 0.2) is 48.5 Å². The van der Waals surface area contributed by atoms with Crippen molar-refractivity contribution in [1.29, 1.82) is 0 Å². The maximum atomic E-state index is 14.0. The van der Waals surface area contributed by atoms with Crippen LogP contribution >= 0.6 is 0 Å². The fraction of sp³-hybridized carbons (Fsp3) is 0.350. The lowest BCUT2D eigenvalue weighted by Crippen LogP contribution is -2.52. The van der Waals surface area contributed by atoms with Crippen molar-refractivity contribution < 1.29 is 22.3 Å². The Labute approximate surface area is 170 Å². The van der Waals surface area contributed by atoms with Crippen molar-refractivity contribution >= 4 is 27.3 Å². The fourth-order valence-corrected chi connectivity index (χ4v) is 4.13. The first-order chi connectivity index (χ1) is 13.8. The molecule has 1 aliphatic heterocycles. The lowest BCUT2D eigenvalue weighted by Gasteiger charge is -2.37. The number of sulfonamides is 1. The normalized spacial score (nSPS) is 14.6. The molecule has 7 nitrogen and oxygen atoms in total. The standard InChI is InChI=1S/C20H24FN3O4S/c1-28-17-9-7-16(8-10-17)24(29(2,26)27)15-20(25)23-13-11-22(12-14-23)19-6-4-3-5-18(19)21/h3-10H,11-15H2,1-2H3. The van der Waals surface area contributed by atoms with Crippen molar-refractivity contribution in [2.45, 2.75) is 0 Å². The van der Waals surface area contributed by atoms with Crippen LogP contribution in [-0.2, 0) is 14.8 Å². The van der Waals surface area contributed by atoms with Gasteiger partial charge < -0.3 is 14.5 Å². The molecule has 0 N–H and O–H groups in total. The summed E-state index contributed by atoms with van der Waals surface area (Å²) in [4.78, 5) is 16.3. The zero-order chi connectivity index (χ0) is 21.0. The number of hydrogen-bond donors (Lipinski definition) is 0. The van der Waals surface area contributed by atoms with Crippen molar-refractivity contribution in [2.24, 2.45) is 0 Å². The van der Waals surface area contributed by atoms with Gasteiger partial charge in [0.2, 0.25) is 15.9 Å². The average Bonchev–Trinajstić information content (AvgIpc) is 2.71. The summed E-state index contributed by atoms with van der Waals surface area (Å²) >= 11 is 0. The van der Waals surface area contributed by atoms with E-state index in [0.29, 0.717) is 43.3 Å². The number of para-hydroxylation sites is 1. The molecule has 1 fully saturated rings. The van der Waals surface area contributed by atoms with Gasteiger partial charge in [-0.3, -0.25) is 9.10 Å². The van der Waals surface area contributed by atoms with E-state index in [2.05, 4.69) is 0 Å². The number of halogens is 1. The minimum Gasteiger partial charge on any atom is -0.497 e. The number of piperazine rings is 1. The number of benzene rings is 2. The van der Waals surface area contributed by atoms with Gasteiger partial charge in [-0.1, -0.05) is 12.1 Å². The summed E-state index contributed by atoms with van der Waals surface area (Å²) in [6.07, 6.45) is 1.07. The summed E-state index contributed by atoms with van der Waals surface area (Å²) in [5.41, 5.74) is 0.905. The van der Waals surface area contributed by atoms with Gasteiger partial charge in [-0.15, -0.1) is 0 Å². The molecule has 2 aromatic rings. The quantitative estimate of drug-likeness (QED) is 0.713. The van der Waals surface area contributed by atoms with E-state index in [-0.39, 0.29) is 18.3 Å². The highest BCUT2D eigenvalue weighted by atomic mass is 32.2. The number of rotatable bonds is 6. The summed E-state index contributed by atoms with van der Waals surface area (Å²) in [5.74, 6) is 0.00672. The topological polar surface area (TPSA) is 70.2 Å². The van der Waals surface area contributed by atoms with Crippen LogP contribution in [0, 0.1) is 5.82 Å². The van der Waals surface area contributed by atoms with Gasteiger partial charge in [0.15, 0.2) is 0 Å². The Bertz CT molecular complexity index is 958. The van der Waals surface area contributed by atoms with Crippen LogP contribution in [0.3, 0.4) is 0 Å². The summed E-state index contributed by atoms with van der Waals surface area (Å²) in [6.45, 7) is 1.47. The molecule has 9 heteroatoms. The Morgan fingerprint density at radius 2 is 1.69 bits per heavy atom. The third kappa shape index (κ3) is 4.97. The molecule has 0 bridgehead atoms. The first-order valence-corrected chi connectivity index (χ1v) is 11.0. The van der Waals surface area contributed by atoms with Crippen LogP contribution in [0.4, 0.5) is 15.8 Å². The first-order valence-electron chi connectivity index (χ1n) is 9.18. The van der Waals surface area contributed by atoms with Crippen LogP contribution in [0.5, 0.6) is 5.75 Å². The molecule has 0 radical (unpaired) electrons. The predicted molar refractivity (Wildman–Crippen MR) is 110 cm³/mol. The maximum Gasteiger partial charge on any atom is 0.243 e. The zero-order valence-corrected chi connectivity index (χ0v) is 17.2. The molecular formula is C20H24FN3O4S. The highest BCUT2D eigenvalue weighted by Crippen LogP contribution is 2.23. The summed E-state index contributed by atoms with van der Waals surface area (Å²) in [7, 11) is -2.12. The Kier molecular flexibility index (Phi) is 6.26. The van der Waals surface area contributed by atoms with E-state index in [4.69, 9.17) is 4.74 Å². The third-order valence-electron chi connectivity index (χ3n) is 4.87. The van der Waals surface area contributed by atoms with Crippen molar-refractivity contribution in [3.8, 4) is 5.75 Å². The smallest absolute Gasteiger partial charge is 0.243 e. The second kappa shape index (κ2) is 8.69. The highest BCUT2D eigenvalue weighted by molar-refractivity contribution is 7.92. The second-order valence-corrected chi connectivity index (χ2v) is 8.69. The number of carbonyl (C=O) groups excluding carboxylic acids is 1. The average molecular weight is 421 g/mol. The van der Waals surface area contributed by atoms with Gasteiger partial charge in [-0.05, 0) is 36.4 Å². The van der Waals surface area contributed by atoms with Gasteiger partial charge in [0.25, 0.3) is 0 Å². The number of methoxy groups -OCH3 is 1. The third-order valence-corrected chi connectivity index (χ3v) is 6.01. The Morgan fingerprint density at radius 3 is 2.24 bits per heavy atom. The van der Waals surface area contributed by atoms with Crippen LogP contribution in [-0.4, -0.2) is 65.3 Å². The van der Waals surface area contributed by atoms with E-state index < -0.39 is 10.0 Å². The minimum absolute atomic E-state index is 0.287. The molecular weight excluding hydrogens is 397 g/mol. The first kappa shape index (κ1) is 20.9. The van der Waals surface area contributed by atoms with E-state index in [1.54, 1.807) is 47.4 Å². The van der Waals surface area contributed by atoms with E-state index in [1.807, 2.05) is 4.90 Å². The van der Waals surface area contributed by atoms with E-state index in [9.17, 15) is 17.6 Å². The number of ether oxygens (including phenoxy) is 1. The summed E-state index contributed by atoms with van der Waals surface area (Å²) in [6, 6.07) is 13.0. The molecule has 0 unspecified atom stereocenters. The van der Waals surface area contributed by atoms with Crippen molar-refractivity contribution in [2.75, 3.05) is 55.3 Å². The Balaban J connectivity index is 1.67. The van der Waals surface area contributed by atoms with Crippen molar-refractivity contribution in [1.82, 2.24) is 4.90 Å². The Morgan fingerprint density at radius 1 is 1.07 bits per heavy atom. The lowest BCUT2D eigenvalue weighted by molar-refractivity contribution is -0.129. The van der Waals surface area contributed by atoms with Crippen molar-refractivity contribution in [3.63, 3.8) is 0 Å². The monoisotopic (exact) mass is 421 g/mol. The van der Waals surface area contributed by atoms with Crippen LogP contribution < -0.4 is 13.9 Å². The lowest BCUT2D eigenvalue weighted by atomic mass is 10.2. The van der Waals surface area contributed by atoms with Crippen LogP contribution in [0.2, 0.25) is 0 Å². The molecule has 29 heavy (non-hydrogen) atoms. The molecule has 1 amide bonds. The number of nitrogens with zero attached hydrogens (tertiary/aromatic N) is 3. The van der Waals surface area contributed by atoms with Gasteiger partial charge in [0.05, 0.1) is 24.7 Å². The van der Waals surface area contributed by atoms with E-state index >= 15 is 0 Å². The van der Waals surface area contributed by atoms with E-state index in [1.165, 1.54) is 13.2 Å². The molecule has 156 valence electrons. The number of amides is 1. The minimum atomic E-state index is -3.65. The van der Waals surface area contributed by atoms with Crippen LogP contribution in [0.1, 0.15) is 0 Å². The SMILES string of the molecule is COc1ccc(N(CC(=O)N2CCN(c3ccccc3F)CC2)S(C)(=O)=O)cc1. The Hall–Kier alpha value is -2.81. The molecule has 1 aliphatic rings. The molecule has 0 atom stereocenters. The van der Waals surface area contributed by atoms with Crippen LogP contribution in [0.25, 0.3) is 0 Å². The predicted octanol–water partition coefficient (Wildman–Crippen LogP) is 1.95. The number of hydrogen-bond acceptors (Lipinski definition) is 5. The molecule has 0 aliphatic carbocycles. The highest BCUT2D eigenvalue weighted by Gasteiger charge is 2.27. The molecule has 1 saturated heterocycles.